The van der Waals surface area contributed by atoms with E-state index in [1.165, 1.54) is 12.1 Å². The first kappa shape index (κ1) is 13.1. The topological polar surface area (TPSA) is 52.3 Å². The standard InChI is InChI=1S/C11H13Cl2NO2/c1-11(2,3)16-10(15)8-6(12)4-5-7(13)9(8)14/h4-5H,14H2,1-3H3. The molecule has 0 aromatic heterocycles. The zero-order valence-electron chi connectivity index (χ0n) is 9.30. The molecule has 2 N–H and O–H groups in total. The fourth-order valence-corrected chi connectivity index (χ4v) is 1.50. The van der Waals surface area contributed by atoms with Crippen molar-refractivity contribution in [2.75, 3.05) is 5.73 Å². The molecule has 0 unspecified atom stereocenters. The van der Waals surface area contributed by atoms with Crippen molar-refractivity contribution in [2.24, 2.45) is 0 Å². The number of nitrogens with two attached hydrogens (primary N) is 1. The minimum atomic E-state index is -0.602. The van der Waals surface area contributed by atoms with Gasteiger partial charge >= 0.3 is 5.97 Å². The Hall–Kier alpha value is -0.930. The van der Waals surface area contributed by atoms with Crippen molar-refractivity contribution in [2.45, 2.75) is 26.4 Å². The van der Waals surface area contributed by atoms with Crippen LogP contribution in [0.2, 0.25) is 10.0 Å². The highest BCUT2D eigenvalue weighted by Crippen LogP contribution is 2.30. The smallest absolute Gasteiger partial charge is 0.342 e. The molecule has 0 saturated heterocycles. The second kappa shape index (κ2) is 4.52. The van der Waals surface area contributed by atoms with Crippen molar-refractivity contribution in [3.05, 3.63) is 27.7 Å². The lowest BCUT2D eigenvalue weighted by Gasteiger charge is -2.20. The summed E-state index contributed by atoms with van der Waals surface area (Å²) >= 11 is 11.7. The number of carbonyl (C=O) groups is 1. The fourth-order valence-electron chi connectivity index (χ4n) is 1.10. The summed E-state index contributed by atoms with van der Waals surface area (Å²) in [5, 5.41) is 0.515. The van der Waals surface area contributed by atoms with Crippen LogP contribution in [0.3, 0.4) is 0 Å². The third-order valence-corrected chi connectivity index (χ3v) is 2.39. The van der Waals surface area contributed by atoms with Crippen molar-refractivity contribution in [1.82, 2.24) is 0 Å². The molecule has 0 amide bonds. The van der Waals surface area contributed by atoms with Crippen LogP contribution in [-0.4, -0.2) is 11.6 Å². The van der Waals surface area contributed by atoms with Gasteiger partial charge in [-0.1, -0.05) is 23.2 Å². The number of halogens is 2. The summed E-state index contributed by atoms with van der Waals surface area (Å²) < 4.78 is 5.18. The van der Waals surface area contributed by atoms with E-state index in [-0.39, 0.29) is 21.3 Å². The van der Waals surface area contributed by atoms with E-state index >= 15 is 0 Å². The summed E-state index contributed by atoms with van der Waals surface area (Å²) in [6.45, 7) is 5.29. The fraction of sp³-hybridized carbons (Fsp3) is 0.364. The molecule has 1 aromatic carbocycles. The lowest BCUT2D eigenvalue weighted by molar-refractivity contribution is 0.00710. The van der Waals surface area contributed by atoms with Crippen molar-refractivity contribution in [3.63, 3.8) is 0 Å². The van der Waals surface area contributed by atoms with E-state index in [1.807, 2.05) is 0 Å². The normalized spacial score (nSPS) is 11.3. The molecule has 0 atom stereocenters. The van der Waals surface area contributed by atoms with Crippen LogP contribution in [0.25, 0.3) is 0 Å². The molecule has 1 rings (SSSR count). The van der Waals surface area contributed by atoms with Crippen LogP contribution in [0, 0.1) is 0 Å². The molecule has 0 heterocycles. The molecule has 88 valence electrons. The van der Waals surface area contributed by atoms with Gasteiger partial charge in [0.2, 0.25) is 0 Å². The van der Waals surface area contributed by atoms with E-state index in [9.17, 15) is 4.79 Å². The number of nitrogen functional groups attached to an aromatic ring is 1. The van der Waals surface area contributed by atoms with Crippen molar-refractivity contribution >= 4 is 34.9 Å². The van der Waals surface area contributed by atoms with Crippen molar-refractivity contribution < 1.29 is 9.53 Å². The number of hydrogen-bond donors (Lipinski definition) is 1. The van der Waals surface area contributed by atoms with Gasteiger partial charge in [-0.05, 0) is 32.9 Å². The third-order valence-electron chi connectivity index (χ3n) is 1.74. The van der Waals surface area contributed by atoms with Crippen LogP contribution in [0.4, 0.5) is 5.69 Å². The minimum Gasteiger partial charge on any atom is -0.456 e. The van der Waals surface area contributed by atoms with Gasteiger partial charge in [-0.25, -0.2) is 4.79 Å². The van der Waals surface area contributed by atoms with Gasteiger partial charge in [-0.2, -0.15) is 0 Å². The van der Waals surface area contributed by atoms with Crippen molar-refractivity contribution in [3.8, 4) is 0 Å². The maximum Gasteiger partial charge on any atom is 0.342 e. The van der Waals surface area contributed by atoms with Crippen LogP contribution in [-0.2, 0) is 4.74 Å². The Morgan fingerprint density at radius 1 is 1.25 bits per heavy atom. The highest BCUT2D eigenvalue weighted by atomic mass is 35.5. The second-order valence-corrected chi connectivity index (χ2v) is 5.13. The molecule has 0 radical (unpaired) electrons. The Kier molecular flexibility index (Phi) is 3.71. The monoisotopic (exact) mass is 261 g/mol. The lowest BCUT2D eigenvalue weighted by atomic mass is 10.1. The van der Waals surface area contributed by atoms with Gasteiger partial charge in [0.05, 0.1) is 15.7 Å². The van der Waals surface area contributed by atoms with Gasteiger partial charge in [0.15, 0.2) is 0 Å². The molecule has 3 nitrogen and oxygen atoms in total. The average molecular weight is 262 g/mol. The number of ether oxygens (including phenoxy) is 1. The van der Waals surface area contributed by atoms with Crippen LogP contribution in [0.1, 0.15) is 31.1 Å². The summed E-state index contributed by atoms with van der Waals surface area (Å²) in [5.41, 5.74) is 5.34. The second-order valence-electron chi connectivity index (χ2n) is 4.32. The van der Waals surface area contributed by atoms with E-state index in [0.717, 1.165) is 0 Å². The zero-order chi connectivity index (χ0) is 12.5. The molecule has 0 fully saturated rings. The predicted octanol–water partition coefficient (Wildman–Crippen LogP) is 3.53. The van der Waals surface area contributed by atoms with E-state index < -0.39 is 11.6 Å². The molecular weight excluding hydrogens is 249 g/mol. The summed E-state index contributed by atoms with van der Waals surface area (Å²) in [5.74, 6) is -0.572. The molecule has 1 aromatic rings. The Morgan fingerprint density at radius 2 is 1.75 bits per heavy atom. The number of rotatable bonds is 1. The van der Waals surface area contributed by atoms with E-state index in [4.69, 9.17) is 33.7 Å². The highest BCUT2D eigenvalue weighted by molar-refractivity contribution is 6.38. The van der Waals surface area contributed by atoms with E-state index in [0.29, 0.717) is 0 Å². The molecule has 0 aliphatic heterocycles. The van der Waals surface area contributed by atoms with Crippen LogP contribution < -0.4 is 5.73 Å². The summed E-state index contributed by atoms with van der Waals surface area (Å²) in [6.07, 6.45) is 0. The van der Waals surface area contributed by atoms with Crippen LogP contribution in [0.5, 0.6) is 0 Å². The first-order valence-electron chi connectivity index (χ1n) is 4.69. The molecule has 0 spiro atoms. The van der Waals surface area contributed by atoms with Gasteiger partial charge in [0, 0.05) is 0 Å². The molecule has 0 aliphatic rings. The quantitative estimate of drug-likeness (QED) is 0.622. The molecule has 0 bridgehead atoms. The largest absolute Gasteiger partial charge is 0.456 e. The minimum absolute atomic E-state index is 0.115. The molecule has 16 heavy (non-hydrogen) atoms. The van der Waals surface area contributed by atoms with Crippen LogP contribution in [0.15, 0.2) is 12.1 Å². The first-order chi connectivity index (χ1) is 7.22. The Balaban J connectivity index is 3.14. The molecule has 0 aliphatic carbocycles. The Morgan fingerprint density at radius 3 is 2.25 bits per heavy atom. The summed E-state index contributed by atoms with van der Waals surface area (Å²) in [4.78, 5) is 11.8. The highest BCUT2D eigenvalue weighted by Gasteiger charge is 2.23. The van der Waals surface area contributed by atoms with Gasteiger partial charge in [0.25, 0.3) is 0 Å². The number of benzene rings is 1. The maximum absolute atomic E-state index is 11.8. The van der Waals surface area contributed by atoms with E-state index in [1.54, 1.807) is 20.8 Å². The number of carbonyl (C=O) groups excluding carboxylic acids is 1. The lowest BCUT2D eigenvalue weighted by Crippen LogP contribution is -2.24. The summed E-state index contributed by atoms with van der Waals surface area (Å²) in [6, 6.07) is 3.05. The Bertz CT molecular complexity index is 425. The van der Waals surface area contributed by atoms with Gasteiger partial charge < -0.3 is 10.5 Å². The van der Waals surface area contributed by atoms with E-state index in [2.05, 4.69) is 0 Å². The van der Waals surface area contributed by atoms with Gasteiger partial charge in [-0.3, -0.25) is 0 Å². The average Bonchev–Trinajstić information content (AvgIpc) is 2.09. The molecule has 0 saturated carbocycles. The molecule has 5 heteroatoms. The predicted molar refractivity (Wildman–Crippen MR) is 66.0 cm³/mol. The summed E-state index contributed by atoms with van der Waals surface area (Å²) in [7, 11) is 0. The maximum atomic E-state index is 11.8. The van der Waals surface area contributed by atoms with Crippen LogP contribution >= 0.6 is 23.2 Å². The third kappa shape index (κ3) is 3.03. The molecular formula is C11H13Cl2NO2. The zero-order valence-corrected chi connectivity index (χ0v) is 10.8. The van der Waals surface area contributed by atoms with Gasteiger partial charge in [0.1, 0.15) is 11.2 Å². The first-order valence-corrected chi connectivity index (χ1v) is 5.45. The van der Waals surface area contributed by atoms with Gasteiger partial charge in [-0.15, -0.1) is 0 Å². The number of esters is 1. The SMILES string of the molecule is CC(C)(C)OC(=O)c1c(Cl)ccc(Cl)c1N. The number of anilines is 1. The number of hydrogen-bond acceptors (Lipinski definition) is 3. The van der Waals surface area contributed by atoms with Crippen molar-refractivity contribution in [1.29, 1.82) is 0 Å². The Labute approximate surface area is 104 Å².